The van der Waals surface area contributed by atoms with Gasteiger partial charge < -0.3 is 9.88 Å². The molecule has 0 aliphatic carbocycles. The minimum absolute atomic E-state index is 0.569. The Kier molecular flexibility index (Phi) is 4.12. The third-order valence-electron chi connectivity index (χ3n) is 3.24. The van der Waals surface area contributed by atoms with E-state index in [1.165, 1.54) is 6.42 Å². The molecule has 0 bridgehead atoms. The predicted molar refractivity (Wildman–Crippen MR) is 67.6 cm³/mol. The molecule has 1 N–H and O–H groups in total. The summed E-state index contributed by atoms with van der Waals surface area (Å²) in [5.74, 6) is 1.08. The van der Waals surface area contributed by atoms with E-state index in [1.807, 2.05) is 6.33 Å². The monoisotopic (exact) mass is 237 g/mol. The second-order valence-corrected chi connectivity index (χ2v) is 5.08. The lowest BCUT2D eigenvalue weighted by molar-refractivity contribution is 0.304. The number of likely N-dealkylation sites (tertiary alicyclic amines) is 1. The van der Waals surface area contributed by atoms with Gasteiger partial charge in [-0.2, -0.15) is 0 Å². The molecule has 5 heteroatoms. The van der Waals surface area contributed by atoms with Crippen LogP contribution in [-0.4, -0.2) is 44.8 Å². The maximum Gasteiger partial charge on any atom is 0.146 e. The van der Waals surface area contributed by atoms with Gasteiger partial charge in [-0.1, -0.05) is 13.8 Å². The van der Waals surface area contributed by atoms with Gasteiger partial charge in [0.05, 0.1) is 6.54 Å². The topological polar surface area (TPSA) is 46.0 Å². The van der Waals surface area contributed by atoms with Gasteiger partial charge in [0, 0.05) is 31.7 Å². The Bertz CT molecular complexity index is 346. The summed E-state index contributed by atoms with van der Waals surface area (Å²) in [7, 11) is 0. The molecular formula is C12H23N5. The molecule has 1 atom stereocenters. The second kappa shape index (κ2) is 5.60. The fourth-order valence-electron chi connectivity index (χ4n) is 2.45. The van der Waals surface area contributed by atoms with Crippen LogP contribution in [0.25, 0.3) is 0 Å². The molecular weight excluding hydrogens is 214 g/mol. The van der Waals surface area contributed by atoms with Crippen molar-refractivity contribution in [2.45, 2.75) is 52.4 Å². The highest BCUT2D eigenvalue weighted by Crippen LogP contribution is 2.12. The molecule has 0 spiro atoms. The summed E-state index contributed by atoms with van der Waals surface area (Å²) >= 11 is 0. The van der Waals surface area contributed by atoms with Crippen LogP contribution in [0.4, 0.5) is 0 Å². The van der Waals surface area contributed by atoms with Crippen LogP contribution in [0.5, 0.6) is 0 Å². The third kappa shape index (κ3) is 3.26. The molecule has 17 heavy (non-hydrogen) atoms. The minimum atomic E-state index is 0.569. The summed E-state index contributed by atoms with van der Waals surface area (Å²) < 4.78 is 2.11. The molecule has 1 saturated heterocycles. The van der Waals surface area contributed by atoms with Crippen molar-refractivity contribution in [3.63, 3.8) is 0 Å². The van der Waals surface area contributed by atoms with Crippen LogP contribution in [-0.2, 0) is 13.1 Å². The Balaban J connectivity index is 1.85. The lowest BCUT2D eigenvalue weighted by Crippen LogP contribution is -2.37. The Morgan fingerprint density at radius 1 is 1.53 bits per heavy atom. The number of nitrogens with zero attached hydrogens (tertiary/aromatic N) is 4. The van der Waals surface area contributed by atoms with E-state index in [-0.39, 0.29) is 0 Å². The maximum absolute atomic E-state index is 4.19. The smallest absolute Gasteiger partial charge is 0.146 e. The summed E-state index contributed by atoms with van der Waals surface area (Å²) in [5.41, 5.74) is 0. The largest absolute Gasteiger partial charge is 0.317 e. The van der Waals surface area contributed by atoms with E-state index in [0.717, 1.165) is 32.0 Å². The average molecular weight is 237 g/mol. The highest BCUT2D eigenvalue weighted by molar-refractivity contribution is 4.89. The second-order valence-electron chi connectivity index (χ2n) is 5.08. The van der Waals surface area contributed by atoms with Crippen molar-refractivity contribution in [2.24, 2.45) is 0 Å². The lowest BCUT2D eigenvalue weighted by atomic mass is 10.2. The highest BCUT2D eigenvalue weighted by Gasteiger charge is 2.23. The van der Waals surface area contributed by atoms with Crippen molar-refractivity contribution >= 4 is 0 Å². The van der Waals surface area contributed by atoms with E-state index < -0.39 is 0 Å². The van der Waals surface area contributed by atoms with Gasteiger partial charge in [0.25, 0.3) is 0 Å². The zero-order valence-electron chi connectivity index (χ0n) is 11.1. The molecule has 1 unspecified atom stereocenters. The molecule has 1 fully saturated rings. The first-order chi connectivity index (χ1) is 8.19. The van der Waals surface area contributed by atoms with Gasteiger partial charge in [0.1, 0.15) is 12.2 Å². The van der Waals surface area contributed by atoms with Gasteiger partial charge in [-0.05, 0) is 13.3 Å². The summed E-state index contributed by atoms with van der Waals surface area (Å²) in [6, 6.07) is 1.20. The summed E-state index contributed by atoms with van der Waals surface area (Å²) in [6.45, 7) is 10.7. The van der Waals surface area contributed by atoms with Crippen LogP contribution in [0.15, 0.2) is 6.33 Å². The zero-order chi connectivity index (χ0) is 12.3. The molecule has 1 aliphatic heterocycles. The molecule has 1 aliphatic rings. The number of hydrogen-bond acceptors (Lipinski definition) is 4. The van der Waals surface area contributed by atoms with Crippen LogP contribution in [0.2, 0.25) is 0 Å². The summed E-state index contributed by atoms with van der Waals surface area (Å²) in [5, 5.41) is 11.8. The number of aryl methyl sites for hydroxylation is 1. The summed E-state index contributed by atoms with van der Waals surface area (Å²) in [6.07, 6.45) is 3.05. The maximum atomic E-state index is 4.19. The van der Waals surface area contributed by atoms with Gasteiger partial charge in [0.15, 0.2) is 0 Å². The average Bonchev–Trinajstić information content (AvgIpc) is 2.87. The molecule has 0 saturated carbocycles. The van der Waals surface area contributed by atoms with Gasteiger partial charge in [-0.15, -0.1) is 10.2 Å². The molecule has 2 heterocycles. The van der Waals surface area contributed by atoms with Crippen molar-refractivity contribution in [3.05, 3.63) is 12.2 Å². The van der Waals surface area contributed by atoms with Crippen molar-refractivity contribution in [2.75, 3.05) is 13.1 Å². The number of rotatable bonds is 5. The molecule has 5 nitrogen and oxygen atoms in total. The van der Waals surface area contributed by atoms with Crippen LogP contribution >= 0.6 is 0 Å². The number of nitrogens with one attached hydrogen (secondary N) is 1. The summed E-state index contributed by atoms with van der Waals surface area (Å²) in [4.78, 5) is 2.45. The number of hydrogen-bond donors (Lipinski definition) is 1. The van der Waals surface area contributed by atoms with Gasteiger partial charge in [-0.25, -0.2) is 0 Å². The van der Waals surface area contributed by atoms with Gasteiger partial charge >= 0.3 is 0 Å². The molecule has 1 aromatic rings. The highest BCUT2D eigenvalue weighted by atomic mass is 15.3. The molecule has 0 amide bonds. The van der Waals surface area contributed by atoms with E-state index in [9.17, 15) is 0 Å². The number of aromatic nitrogens is 3. The third-order valence-corrected chi connectivity index (χ3v) is 3.24. The van der Waals surface area contributed by atoms with Gasteiger partial charge in [0.2, 0.25) is 0 Å². The molecule has 0 aromatic carbocycles. The van der Waals surface area contributed by atoms with Crippen molar-refractivity contribution in [3.8, 4) is 0 Å². The molecule has 0 radical (unpaired) electrons. The standard InChI is InChI=1S/C12H23N5/c1-4-17-9-13-15-12(17)8-16-6-5-11(7-16)14-10(2)3/h9-11,14H,4-8H2,1-3H3. The normalized spacial score (nSPS) is 21.5. The fraction of sp³-hybridized carbons (Fsp3) is 0.833. The van der Waals surface area contributed by atoms with Crippen LogP contribution in [0.1, 0.15) is 33.0 Å². The van der Waals surface area contributed by atoms with Crippen LogP contribution < -0.4 is 5.32 Å². The van der Waals surface area contributed by atoms with Crippen LogP contribution in [0.3, 0.4) is 0 Å². The minimum Gasteiger partial charge on any atom is -0.317 e. The van der Waals surface area contributed by atoms with Crippen molar-refractivity contribution in [1.82, 2.24) is 25.0 Å². The lowest BCUT2D eigenvalue weighted by Gasteiger charge is -2.18. The fourth-order valence-corrected chi connectivity index (χ4v) is 2.45. The van der Waals surface area contributed by atoms with Crippen LogP contribution in [0, 0.1) is 0 Å². The first kappa shape index (κ1) is 12.5. The Labute approximate surface area is 103 Å². The SMILES string of the molecule is CCn1cnnc1CN1CCC(NC(C)C)C1. The quantitative estimate of drug-likeness (QED) is 0.825. The molecule has 2 rings (SSSR count). The first-order valence-electron chi connectivity index (χ1n) is 6.54. The predicted octanol–water partition coefficient (Wildman–Crippen LogP) is 0.870. The van der Waals surface area contributed by atoms with E-state index in [2.05, 4.69) is 45.8 Å². The van der Waals surface area contributed by atoms with E-state index >= 15 is 0 Å². The zero-order valence-corrected chi connectivity index (χ0v) is 11.1. The van der Waals surface area contributed by atoms with E-state index in [0.29, 0.717) is 12.1 Å². The molecule has 96 valence electrons. The Morgan fingerprint density at radius 2 is 2.35 bits per heavy atom. The first-order valence-corrected chi connectivity index (χ1v) is 6.54. The van der Waals surface area contributed by atoms with Gasteiger partial charge in [-0.3, -0.25) is 4.90 Å². The Morgan fingerprint density at radius 3 is 3.06 bits per heavy atom. The van der Waals surface area contributed by atoms with Crippen molar-refractivity contribution < 1.29 is 0 Å². The van der Waals surface area contributed by atoms with E-state index in [1.54, 1.807) is 0 Å². The van der Waals surface area contributed by atoms with Crippen molar-refractivity contribution in [1.29, 1.82) is 0 Å². The molecule has 1 aromatic heterocycles. The van der Waals surface area contributed by atoms with E-state index in [4.69, 9.17) is 0 Å². The Hall–Kier alpha value is -0.940.